The van der Waals surface area contributed by atoms with E-state index in [-0.39, 0.29) is 23.2 Å². The van der Waals surface area contributed by atoms with Crippen LogP contribution in [0.25, 0.3) is 0 Å². The highest BCUT2D eigenvalue weighted by Gasteiger charge is 2.13. The number of carbonyl (C=O) groups excluding carboxylic acids is 1. The maximum Gasteiger partial charge on any atom is 0.272 e. The van der Waals surface area contributed by atoms with Crippen LogP contribution in [0.15, 0.2) is 41.2 Å². The maximum absolute atomic E-state index is 12.3. The minimum absolute atomic E-state index is 0.123. The van der Waals surface area contributed by atoms with Crippen molar-refractivity contribution in [3.8, 4) is 0 Å². The first-order chi connectivity index (χ1) is 11.0. The first-order valence-corrected chi connectivity index (χ1v) is 8.03. The molecular formula is C18H23N3O2. The van der Waals surface area contributed by atoms with Crippen LogP contribution >= 0.6 is 0 Å². The van der Waals surface area contributed by atoms with Crippen LogP contribution in [-0.4, -0.2) is 15.7 Å². The van der Waals surface area contributed by atoms with E-state index in [1.54, 1.807) is 0 Å². The van der Waals surface area contributed by atoms with Gasteiger partial charge in [-0.25, -0.2) is 4.68 Å². The van der Waals surface area contributed by atoms with Gasteiger partial charge in [0.05, 0.1) is 6.04 Å². The second-order valence-electron chi connectivity index (χ2n) is 5.57. The molecule has 0 aliphatic carbocycles. The van der Waals surface area contributed by atoms with Crippen molar-refractivity contribution in [2.24, 2.45) is 0 Å². The number of rotatable bonds is 6. The summed E-state index contributed by atoms with van der Waals surface area (Å²) in [4.78, 5) is 24.0. The maximum atomic E-state index is 12.3. The Morgan fingerprint density at radius 1 is 1.17 bits per heavy atom. The molecule has 1 amide bonds. The summed E-state index contributed by atoms with van der Waals surface area (Å²) in [5.41, 5.74) is 2.37. The first-order valence-electron chi connectivity index (χ1n) is 8.03. The third kappa shape index (κ3) is 4.28. The van der Waals surface area contributed by atoms with E-state index in [0.717, 1.165) is 18.4 Å². The number of hydrogen-bond donors (Lipinski definition) is 1. The number of aromatic nitrogens is 2. The molecule has 23 heavy (non-hydrogen) atoms. The van der Waals surface area contributed by atoms with Crippen LogP contribution in [-0.2, 0) is 13.0 Å². The lowest BCUT2D eigenvalue weighted by molar-refractivity contribution is 0.0932. The van der Waals surface area contributed by atoms with Crippen molar-refractivity contribution in [2.45, 2.75) is 46.2 Å². The Morgan fingerprint density at radius 2 is 1.87 bits per heavy atom. The minimum atomic E-state index is -0.276. The summed E-state index contributed by atoms with van der Waals surface area (Å²) in [5, 5.41) is 7.05. The van der Waals surface area contributed by atoms with Crippen LogP contribution in [0.5, 0.6) is 0 Å². The van der Waals surface area contributed by atoms with Crippen molar-refractivity contribution in [3.63, 3.8) is 0 Å². The molecule has 1 aromatic carbocycles. The summed E-state index contributed by atoms with van der Waals surface area (Å²) >= 11 is 0. The topological polar surface area (TPSA) is 64.0 Å². The van der Waals surface area contributed by atoms with Crippen molar-refractivity contribution in [1.29, 1.82) is 0 Å². The third-order valence-electron chi connectivity index (χ3n) is 3.77. The number of benzene rings is 1. The van der Waals surface area contributed by atoms with Gasteiger partial charge in [-0.15, -0.1) is 0 Å². The molecule has 2 aromatic rings. The molecule has 0 aliphatic rings. The SMILES string of the molecule is CCCn1nc(C(=O)NC(C)c2ccc(CC)cc2)ccc1=O. The first kappa shape index (κ1) is 16.9. The van der Waals surface area contributed by atoms with Crippen LogP contribution in [0.4, 0.5) is 0 Å². The van der Waals surface area contributed by atoms with E-state index in [0.29, 0.717) is 6.54 Å². The zero-order chi connectivity index (χ0) is 16.8. The van der Waals surface area contributed by atoms with E-state index in [4.69, 9.17) is 0 Å². The van der Waals surface area contributed by atoms with E-state index in [2.05, 4.69) is 29.5 Å². The summed E-state index contributed by atoms with van der Waals surface area (Å²) in [5.74, 6) is -0.276. The van der Waals surface area contributed by atoms with Crippen LogP contribution in [0.1, 0.15) is 54.8 Å². The van der Waals surface area contributed by atoms with Gasteiger partial charge in [-0.05, 0) is 37.0 Å². The lowest BCUT2D eigenvalue weighted by Gasteiger charge is -2.15. The highest BCUT2D eigenvalue weighted by molar-refractivity contribution is 5.92. The number of hydrogen-bond acceptors (Lipinski definition) is 3. The van der Waals surface area contributed by atoms with Crippen LogP contribution in [0.3, 0.4) is 0 Å². The van der Waals surface area contributed by atoms with E-state index in [1.165, 1.54) is 22.4 Å². The largest absolute Gasteiger partial charge is 0.344 e. The molecule has 1 unspecified atom stereocenters. The molecular weight excluding hydrogens is 290 g/mol. The standard InChI is InChI=1S/C18H23N3O2/c1-4-12-21-17(22)11-10-16(20-21)18(23)19-13(3)15-8-6-14(5-2)7-9-15/h6-11,13H,4-5,12H2,1-3H3,(H,19,23). The molecule has 0 radical (unpaired) electrons. The van der Waals surface area contributed by atoms with Gasteiger partial charge in [0.25, 0.3) is 11.5 Å². The molecule has 1 N–H and O–H groups in total. The highest BCUT2D eigenvalue weighted by Crippen LogP contribution is 2.14. The summed E-state index contributed by atoms with van der Waals surface area (Å²) in [6.07, 6.45) is 1.78. The summed E-state index contributed by atoms with van der Waals surface area (Å²) in [6, 6.07) is 10.9. The van der Waals surface area contributed by atoms with Crippen molar-refractivity contribution in [1.82, 2.24) is 15.1 Å². The number of aryl methyl sites for hydroxylation is 2. The Balaban J connectivity index is 2.11. The van der Waals surface area contributed by atoms with E-state index in [9.17, 15) is 9.59 Å². The molecule has 5 nitrogen and oxygen atoms in total. The summed E-state index contributed by atoms with van der Waals surface area (Å²) in [7, 11) is 0. The molecule has 0 fully saturated rings. The minimum Gasteiger partial charge on any atom is -0.344 e. The summed E-state index contributed by atoms with van der Waals surface area (Å²) in [6.45, 7) is 6.51. The Morgan fingerprint density at radius 3 is 2.48 bits per heavy atom. The van der Waals surface area contributed by atoms with Crippen molar-refractivity contribution in [2.75, 3.05) is 0 Å². The van der Waals surface area contributed by atoms with Gasteiger partial charge in [-0.2, -0.15) is 5.10 Å². The molecule has 0 saturated heterocycles. The van der Waals surface area contributed by atoms with Crippen molar-refractivity contribution >= 4 is 5.91 Å². The van der Waals surface area contributed by atoms with Crippen molar-refractivity contribution in [3.05, 3.63) is 63.6 Å². The van der Waals surface area contributed by atoms with Gasteiger partial charge in [-0.3, -0.25) is 9.59 Å². The Labute approximate surface area is 136 Å². The van der Waals surface area contributed by atoms with Gasteiger partial charge in [0.1, 0.15) is 5.69 Å². The van der Waals surface area contributed by atoms with Crippen LogP contribution < -0.4 is 10.9 Å². The Bertz CT molecular complexity index is 720. The molecule has 0 spiro atoms. The average molecular weight is 313 g/mol. The molecule has 122 valence electrons. The van der Waals surface area contributed by atoms with Gasteiger partial charge in [0.15, 0.2) is 0 Å². The van der Waals surface area contributed by atoms with Gasteiger partial charge >= 0.3 is 0 Å². The molecule has 1 atom stereocenters. The molecule has 0 aliphatic heterocycles. The fourth-order valence-corrected chi connectivity index (χ4v) is 2.34. The fourth-order valence-electron chi connectivity index (χ4n) is 2.34. The average Bonchev–Trinajstić information content (AvgIpc) is 2.57. The third-order valence-corrected chi connectivity index (χ3v) is 3.77. The van der Waals surface area contributed by atoms with Gasteiger partial charge < -0.3 is 5.32 Å². The van der Waals surface area contributed by atoms with E-state index in [1.807, 2.05) is 26.0 Å². The lowest BCUT2D eigenvalue weighted by Crippen LogP contribution is -2.31. The zero-order valence-electron chi connectivity index (χ0n) is 13.9. The molecule has 0 saturated carbocycles. The molecule has 1 aromatic heterocycles. The summed E-state index contributed by atoms with van der Waals surface area (Å²) < 4.78 is 1.33. The van der Waals surface area contributed by atoms with Gasteiger partial charge in [0, 0.05) is 12.6 Å². The monoisotopic (exact) mass is 313 g/mol. The second kappa shape index (κ2) is 7.72. The fraction of sp³-hybridized carbons (Fsp3) is 0.389. The van der Waals surface area contributed by atoms with Crippen molar-refractivity contribution < 1.29 is 4.79 Å². The molecule has 5 heteroatoms. The van der Waals surface area contributed by atoms with Gasteiger partial charge in [-0.1, -0.05) is 38.1 Å². The predicted octanol–water partition coefficient (Wildman–Crippen LogP) is 2.71. The Hall–Kier alpha value is -2.43. The quantitative estimate of drug-likeness (QED) is 0.892. The Kier molecular flexibility index (Phi) is 5.68. The molecule has 0 bridgehead atoms. The number of nitrogens with zero attached hydrogens (tertiary/aromatic N) is 2. The zero-order valence-corrected chi connectivity index (χ0v) is 13.9. The van der Waals surface area contributed by atoms with Crippen LogP contribution in [0, 0.1) is 0 Å². The van der Waals surface area contributed by atoms with Gasteiger partial charge in [0.2, 0.25) is 0 Å². The highest BCUT2D eigenvalue weighted by atomic mass is 16.2. The number of nitrogens with one attached hydrogen (secondary N) is 1. The molecule has 2 rings (SSSR count). The predicted molar refractivity (Wildman–Crippen MR) is 90.5 cm³/mol. The number of amides is 1. The smallest absolute Gasteiger partial charge is 0.272 e. The lowest BCUT2D eigenvalue weighted by atomic mass is 10.0. The normalized spacial score (nSPS) is 12.0. The van der Waals surface area contributed by atoms with E-state index < -0.39 is 0 Å². The molecule has 1 heterocycles. The van der Waals surface area contributed by atoms with Crippen LogP contribution in [0.2, 0.25) is 0 Å². The number of carbonyl (C=O) groups is 1. The van der Waals surface area contributed by atoms with E-state index >= 15 is 0 Å². The second-order valence-corrected chi connectivity index (χ2v) is 5.57.